The van der Waals surface area contributed by atoms with E-state index in [1.165, 1.54) is 14.2 Å². The Bertz CT molecular complexity index is 2040. The van der Waals surface area contributed by atoms with E-state index in [1.54, 1.807) is 68.3 Å². The molecule has 4 aliphatic rings. The molecule has 474 valence electrons. The number of Topliss-reactive ketones (excluding diaryl/α,β-unsaturated/α-hetero) is 1. The van der Waals surface area contributed by atoms with Gasteiger partial charge in [-0.05, 0) is 155 Å². The molecule has 0 aliphatic carbocycles. The first-order valence-corrected chi connectivity index (χ1v) is 28.6. The van der Waals surface area contributed by atoms with Crippen molar-refractivity contribution in [2.75, 3.05) is 113 Å². The number of carboxylic acids is 1. The molecule has 0 bridgehead atoms. The van der Waals surface area contributed by atoms with Crippen molar-refractivity contribution in [1.29, 1.82) is 0 Å². The van der Waals surface area contributed by atoms with Crippen LogP contribution in [0.2, 0.25) is 0 Å². The Balaban J connectivity index is 0.000000550. The minimum absolute atomic E-state index is 0.0800. The van der Waals surface area contributed by atoms with Gasteiger partial charge in [0.1, 0.15) is 28.8 Å². The molecule has 4 fully saturated rings. The number of esters is 3. The first kappa shape index (κ1) is 74.5. The number of ketones is 1. The summed E-state index contributed by atoms with van der Waals surface area (Å²) >= 11 is 0. The van der Waals surface area contributed by atoms with Crippen LogP contribution in [-0.2, 0) is 71.3 Å². The van der Waals surface area contributed by atoms with E-state index < -0.39 is 50.6 Å². The van der Waals surface area contributed by atoms with Gasteiger partial charge in [0.15, 0.2) is 5.78 Å². The monoisotopic (exact) mass is 1170 g/mol. The largest absolute Gasteiger partial charge is 0.481 e. The molecule has 24 heteroatoms. The molecule has 0 aromatic heterocycles. The molecule has 0 aromatic rings. The molecule has 82 heavy (non-hydrogen) atoms. The number of ether oxygens (including phenoxy) is 10. The summed E-state index contributed by atoms with van der Waals surface area (Å²) in [6, 6.07) is 0. The van der Waals surface area contributed by atoms with Crippen molar-refractivity contribution >= 4 is 54.0 Å². The molecule has 0 radical (unpaired) electrons. The third-order valence-electron chi connectivity index (χ3n) is 13.5. The van der Waals surface area contributed by atoms with E-state index in [0.29, 0.717) is 124 Å². The Morgan fingerprint density at radius 1 is 0.427 bits per heavy atom. The zero-order valence-electron chi connectivity index (χ0n) is 52.8. The highest BCUT2D eigenvalue weighted by molar-refractivity contribution is 5.99. The second-order valence-corrected chi connectivity index (χ2v) is 25.0. The number of amides is 4. The van der Waals surface area contributed by atoms with Gasteiger partial charge in [0.25, 0.3) is 0 Å². The van der Waals surface area contributed by atoms with Gasteiger partial charge in [-0.3, -0.25) is 24.0 Å². The van der Waals surface area contributed by atoms with Gasteiger partial charge in [-0.1, -0.05) is 0 Å². The molecule has 0 atom stereocenters. The maximum atomic E-state index is 12.6. The highest BCUT2D eigenvalue weighted by atomic mass is 16.6. The van der Waals surface area contributed by atoms with Gasteiger partial charge >= 0.3 is 48.3 Å². The van der Waals surface area contributed by atoms with Crippen LogP contribution in [0.4, 0.5) is 19.2 Å². The Morgan fingerprint density at radius 2 is 0.720 bits per heavy atom. The molecule has 4 heterocycles. The van der Waals surface area contributed by atoms with Crippen LogP contribution < -0.4 is 0 Å². The Morgan fingerprint density at radius 3 is 1.02 bits per heavy atom. The standard InChI is InChI=1S/C17H29NO6.C15H27NO5.C13H23NO5.C13H23NO4/c1-6-23-14(20)11-13(19)17(12-22-5)7-9-18(10-8-17)15(21)24-16(2,3)4;1-6-20-12(17)15(11-19-5)7-9-16(10-8-15)13(18)21-14(2,3)4;1-12(2,3)19-11(17)14-7-5-13(6-8-14,9-18-4)10(15)16;1-5-17-11(15)10-6-8-14(9-7-10)12(16)18-13(2,3)4/h6-12H2,1-5H3;6-11H2,1-5H3;5-9H2,1-4H3,(H,15,16);10H,5-9H2,1-4H3. The lowest BCUT2D eigenvalue weighted by molar-refractivity contribution is -0.162. The Hall–Kier alpha value is -5.49. The predicted octanol–water partition coefficient (Wildman–Crippen LogP) is 8.32. The van der Waals surface area contributed by atoms with Gasteiger partial charge in [0.05, 0.1) is 61.8 Å². The van der Waals surface area contributed by atoms with Crippen molar-refractivity contribution in [1.82, 2.24) is 19.6 Å². The van der Waals surface area contributed by atoms with Crippen molar-refractivity contribution in [2.24, 2.45) is 22.2 Å². The summed E-state index contributed by atoms with van der Waals surface area (Å²) in [5.74, 6) is -2.04. The first-order chi connectivity index (χ1) is 37.9. The van der Waals surface area contributed by atoms with Crippen LogP contribution in [0.3, 0.4) is 0 Å². The van der Waals surface area contributed by atoms with Gasteiger partial charge in [-0.15, -0.1) is 0 Å². The molecule has 0 spiro atoms. The summed E-state index contributed by atoms with van der Waals surface area (Å²) in [5.41, 5.74) is -4.37. The lowest BCUT2D eigenvalue weighted by atomic mass is 9.74. The zero-order valence-corrected chi connectivity index (χ0v) is 52.8. The minimum atomic E-state index is -0.882. The second kappa shape index (κ2) is 33.7. The topological polar surface area (TPSA) is 279 Å². The van der Waals surface area contributed by atoms with Crippen molar-refractivity contribution < 1.29 is 95.6 Å². The molecule has 0 saturated carbocycles. The van der Waals surface area contributed by atoms with Crippen molar-refractivity contribution in [3.63, 3.8) is 0 Å². The number of nitrogens with zero attached hydrogens (tertiary/aromatic N) is 4. The highest BCUT2D eigenvalue weighted by Gasteiger charge is 2.46. The van der Waals surface area contributed by atoms with E-state index in [4.69, 9.17) is 47.4 Å². The molecule has 4 amide bonds. The summed E-state index contributed by atoms with van der Waals surface area (Å²) in [4.78, 5) is 114. The maximum Gasteiger partial charge on any atom is 0.410 e. The first-order valence-electron chi connectivity index (χ1n) is 28.6. The van der Waals surface area contributed by atoms with Crippen LogP contribution in [-0.4, -0.2) is 214 Å². The number of carbonyl (C=O) groups is 9. The smallest absolute Gasteiger partial charge is 0.410 e. The normalized spacial score (nSPS) is 18.0. The fourth-order valence-electron chi connectivity index (χ4n) is 9.19. The number of aliphatic carboxylic acids is 1. The third-order valence-corrected chi connectivity index (χ3v) is 13.5. The Kier molecular flexibility index (Phi) is 30.6. The molecule has 4 rings (SSSR count). The summed E-state index contributed by atoms with van der Waals surface area (Å²) in [5, 5.41) is 9.32. The third kappa shape index (κ3) is 26.4. The van der Waals surface area contributed by atoms with E-state index >= 15 is 0 Å². The SMILES string of the molecule is CCOC(=O)C1(COC)CCN(C(=O)OC(C)(C)C)CC1.CCOC(=O)C1CCN(C(=O)OC(C)(C)C)CC1.CCOC(=O)CC(=O)C1(COC)CCN(C(=O)OC(C)(C)C)CC1.COCC1(C(=O)O)CCN(C(=O)OC(C)(C)C)CC1. The van der Waals surface area contributed by atoms with Gasteiger partial charge < -0.3 is 72.1 Å². The number of rotatable bonds is 15. The maximum absolute atomic E-state index is 12.6. The molecule has 1 N–H and O–H groups in total. The molecular weight excluding hydrogens is 1070 g/mol. The van der Waals surface area contributed by atoms with Crippen LogP contribution >= 0.6 is 0 Å². The van der Waals surface area contributed by atoms with Gasteiger partial charge in [-0.25, -0.2) is 19.2 Å². The average molecular weight is 1180 g/mol. The molecule has 0 aromatic carbocycles. The van der Waals surface area contributed by atoms with Crippen LogP contribution in [0.25, 0.3) is 0 Å². The number of hydrogen-bond donors (Lipinski definition) is 1. The summed E-state index contributed by atoms with van der Waals surface area (Å²) in [6.07, 6.45) is 2.34. The van der Waals surface area contributed by atoms with Crippen LogP contribution in [0.1, 0.15) is 162 Å². The van der Waals surface area contributed by atoms with Crippen molar-refractivity contribution in [2.45, 2.75) is 184 Å². The summed E-state index contributed by atoms with van der Waals surface area (Å²) < 4.78 is 51.7. The highest BCUT2D eigenvalue weighted by Crippen LogP contribution is 2.37. The minimum Gasteiger partial charge on any atom is -0.481 e. The zero-order chi connectivity index (χ0) is 62.9. The molecular formula is C58H102N4O20. The van der Waals surface area contributed by atoms with Gasteiger partial charge in [0.2, 0.25) is 0 Å². The fraction of sp³-hybridized carbons (Fsp3) is 0.845. The van der Waals surface area contributed by atoms with Crippen LogP contribution in [0, 0.1) is 22.2 Å². The second-order valence-electron chi connectivity index (χ2n) is 25.0. The van der Waals surface area contributed by atoms with Gasteiger partial charge in [0, 0.05) is 73.7 Å². The molecule has 4 saturated heterocycles. The summed E-state index contributed by atoms with van der Waals surface area (Å²) in [7, 11) is 4.59. The molecule has 0 unspecified atom stereocenters. The molecule has 24 nitrogen and oxygen atoms in total. The van der Waals surface area contributed by atoms with E-state index in [2.05, 4.69) is 0 Å². The summed E-state index contributed by atoms with van der Waals surface area (Å²) in [6.45, 7) is 32.5. The number of piperidine rings is 4. The van der Waals surface area contributed by atoms with Crippen molar-refractivity contribution in [3.8, 4) is 0 Å². The van der Waals surface area contributed by atoms with Gasteiger partial charge in [-0.2, -0.15) is 0 Å². The number of likely N-dealkylation sites (tertiary alicyclic amines) is 4. The van der Waals surface area contributed by atoms with Crippen LogP contribution in [0.15, 0.2) is 0 Å². The van der Waals surface area contributed by atoms with E-state index in [0.717, 1.165) is 0 Å². The number of methoxy groups -OCH3 is 3. The quantitative estimate of drug-likeness (QED) is 0.0916. The van der Waals surface area contributed by atoms with Crippen LogP contribution in [0.5, 0.6) is 0 Å². The lowest BCUT2D eigenvalue weighted by Gasteiger charge is -2.40. The average Bonchev–Trinajstić information content (AvgIpc) is 3.51. The van der Waals surface area contributed by atoms with E-state index in [9.17, 15) is 48.3 Å². The molecule has 4 aliphatic heterocycles. The van der Waals surface area contributed by atoms with E-state index in [-0.39, 0.29) is 74.3 Å². The fourth-order valence-corrected chi connectivity index (χ4v) is 9.19. The number of carboxylic acid groups (broad SMARTS) is 1. The number of carbonyl (C=O) groups excluding carboxylic acids is 8. The van der Waals surface area contributed by atoms with E-state index in [1.807, 2.05) is 62.3 Å². The lowest BCUT2D eigenvalue weighted by Crippen LogP contribution is -2.50. The van der Waals surface area contributed by atoms with Crippen molar-refractivity contribution in [3.05, 3.63) is 0 Å². The predicted molar refractivity (Wildman–Crippen MR) is 302 cm³/mol. The number of hydrogen-bond acceptors (Lipinski definition) is 19. The Labute approximate surface area is 487 Å².